The molecule has 0 unspecified atom stereocenters. The zero-order valence-electron chi connectivity index (χ0n) is 13.6. The minimum absolute atomic E-state index is 0.0730. The van der Waals surface area contributed by atoms with Crippen LogP contribution in [-0.2, 0) is 14.3 Å². The van der Waals surface area contributed by atoms with Gasteiger partial charge in [0.2, 0.25) is 5.91 Å². The molecule has 0 aliphatic carbocycles. The molecule has 23 heavy (non-hydrogen) atoms. The van der Waals surface area contributed by atoms with Gasteiger partial charge in [-0.3, -0.25) is 9.59 Å². The Morgan fingerprint density at radius 1 is 1.30 bits per heavy atom. The van der Waals surface area contributed by atoms with E-state index in [1.54, 1.807) is 6.08 Å². The predicted molar refractivity (Wildman–Crippen MR) is 88.1 cm³/mol. The van der Waals surface area contributed by atoms with Crippen molar-refractivity contribution in [2.45, 2.75) is 32.7 Å². The van der Waals surface area contributed by atoms with Gasteiger partial charge in [0.15, 0.2) is 0 Å². The van der Waals surface area contributed by atoms with Crippen molar-refractivity contribution in [1.82, 2.24) is 4.90 Å². The lowest BCUT2D eigenvalue weighted by molar-refractivity contribution is -0.145. The van der Waals surface area contributed by atoms with E-state index in [4.69, 9.17) is 9.84 Å². The smallest absolute Gasteiger partial charge is 0.323 e. The van der Waals surface area contributed by atoms with E-state index in [-0.39, 0.29) is 18.5 Å². The second kappa shape index (κ2) is 7.92. The fourth-order valence-electron chi connectivity index (χ4n) is 2.80. The van der Waals surface area contributed by atoms with E-state index in [2.05, 4.69) is 6.07 Å². The van der Waals surface area contributed by atoms with Crippen LogP contribution >= 0.6 is 0 Å². The zero-order valence-corrected chi connectivity index (χ0v) is 13.6. The summed E-state index contributed by atoms with van der Waals surface area (Å²) in [5.74, 6) is -1.26. The van der Waals surface area contributed by atoms with E-state index >= 15 is 0 Å². The highest BCUT2D eigenvalue weighted by Gasteiger charge is 2.26. The molecule has 1 aliphatic rings. The molecule has 0 radical (unpaired) electrons. The average Bonchev–Trinajstić information content (AvgIpc) is 2.52. The Morgan fingerprint density at radius 2 is 2.00 bits per heavy atom. The van der Waals surface area contributed by atoms with Crippen molar-refractivity contribution in [2.24, 2.45) is 0 Å². The van der Waals surface area contributed by atoms with Crippen LogP contribution < -0.4 is 0 Å². The molecule has 1 N–H and O–H groups in total. The third-order valence-electron chi connectivity index (χ3n) is 4.05. The third-order valence-corrected chi connectivity index (χ3v) is 4.05. The van der Waals surface area contributed by atoms with Crippen molar-refractivity contribution in [3.63, 3.8) is 0 Å². The first-order valence-corrected chi connectivity index (χ1v) is 7.83. The molecule has 0 aromatic heterocycles. The first-order valence-electron chi connectivity index (χ1n) is 7.83. The van der Waals surface area contributed by atoms with Crippen LogP contribution in [0.25, 0.3) is 6.08 Å². The molecule has 5 nitrogen and oxygen atoms in total. The van der Waals surface area contributed by atoms with Gasteiger partial charge < -0.3 is 14.7 Å². The molecule has 0 bridgehead atoms. The largest absolute Gasteiger partial charge is 0.480 e. The molecule has 1 aliphatic heterocycles. The van der Waals surface area contributed by atoms with Crippen molar-refractivity contribution >= 4 is 18.0 Å². The summed E-state index contributed by atoms with van der Waals surface area (Å²) in [6, 6.07) is 5.93. The minimum atomic E-state index is -0.996. The topological polar surface area (TPSA) is 66.8 Å². The molecular weight excluding hydrogens is 294 g/mol. The highest BCUT2D eigenvalue weighted by molar-refractivity contribution is 5.94. The number of hydrogen-bond acceptors (Lipinski definition) is 3. The summed E-state index contributed by atoms with van der Waals surface area (Å²) in [5.41, 5.74) is 3.22. The van der Waals surface area contributed by atoms with Crippen LogP contribution in [0.15, 0.2) is 24.3 Å². The van der Waals surface area contributed by atoms with Crippen LogP contribution in [0, 0.1) is 13.8 Å². The molecule has 1 amide bonds. The van der Waals surface area contributed by atoms with Gasteiger partial charge >= 0.3 is 5.97 Å². The number of carbonyl (C=O) groups is 2. The second-order valence-electron chi connectivity index (χ2n) is 5.90. The van der Waals surface area contributed by atoms with Gasteiger partial charge in [0.05, 0.1) is 0 Å². The van der Waals surface area contributed by atoms with Gasteiger partial charge in [-0.15, -0.1) is 0 Å². The van der Waals surface area contributed by atoms with E-state index in [1.165, 1.54) is 16.5 Å². The molecule has 1 heterocycles. The van der Waals surface area contributed by atoms with Crippen LogP contribution in [0.3, 0.4) is 0 Å². The maximum atomic E-state index is 12.5. The Kier molecular flexibility index (Phi) is 5.93. The van der Waals surface area contributed by atoms with Gasteiger partial charge in [0, 0.05) is 25.3 Å². The number of benzene rings is 1. The van der Waals surface area contributed by atoms with Crippen LogP contribution in [0.1, 0.15) is 29.5 Å². The number of aryl methyl sites for hydroxylation is 2. The average molecular weight is 317 g/mol. The fourth-order valence-corrected chi connectivity index (χ4v) is 2.80. The molecular formula is C18H23NO4. The summed E-state index contributed by atoms with van der Waals surface area (Å²) in [6.07, 6.45) is 4.58. The van der Waals surface area contributed by atoms with E-state index < -0.39 is 5.97 Å². The second-order valence-corrected chi connectivity index (χ2v) is 5.90. The lowest BCUT2D eigenvalue weighted by Gasteiger charge is -2.32. The molecule has 1 fully saturated rings. The quantitative estimate of drug-likeness (QED) is 0.847. The summed E-state index contributed by atoms with van der Waals surface area (Å²) in [4.78, 5) is 25.0. The van der Waals surface area contributed by atoms with E-state index in [0.29, 0.717) is 26.1 Å². The molecule has 1 aromatic carbocycles. The van der Waals surface area contributed by atoms with Gasteiger partial charge in [-0.1, -0.05) is 23.8 Å². The van der Waals surface area contributed by atoms with E-state index in [0.717, 1.165) is 11.1 Å². The SMILES string of the molecule is Cc1ccc(/C=C/C(=O)N(CC(=O)O)C2CCOCC2)c(C)c1. The van der Waals surface area contributed by atoms with Crippen LogP contribution in [0.5, 0.6) is 0 Å². The van der Waals surface area contributed by atoms with E-state index in [1.807, 2.05) is 26.0 Å². The molecule has 0 atom stereocenters. The van der Waals surface area contributed by atoms with Crippen LogP contribution in [0.2, 0.25) is 0 Å². The Balaban J connectivity index is 2.12. The van der Waals surface area contributed by atoms with Crippen LogP contribution in [-0.4, -0.2) is 47.7 Å². The van der Waals surface area contributed by atoms with Crippen molar-refractivity contribution in [2.75, 3.05) is 19.8 Å². The molecule has 5 heteroatoms. The highest BCUT2D eigenvalue weighted by atomic mass is 16.5. The Hall–Kier alpha value is -2.14. The normalized spacial score (nSPS) is 15.7. The van der Waals surface area contributed by atoms with Gasteiger partial charge in [-0.25, -0.2) is 0 Å². The molecule has 1 aromatic rings. The van der Waals surface area contributed by atoms with Gasteiger partial charge in [-0.05, 0) is 43.9 Å². The summed E-state index contributed by atoms with van der Waals surface area (Å²) in [5, 5.41) is 9.07. The number of carboxylic acids is 1. The number of nitrogens with zero attached hydrogens (tertiary/aromatic N) is 1. The molecule has 0 spiro atoms. The molecule has 1 saturated heterocycles. The Labute approximate surface area is 136 Å². The lowest BCUT2D eigenvalue weighted by Crippen LogP contribution is -2.45. The number of amides is 1. The van der Waals surface area contributed by atoms with Gasteiger partial charge in [0.1, 0.15) is 6.54 Å². The summed E-state index contributed by atoms with van der Waals surface area (Å²) < 4.78 is 5.29. The number of rotatable bonds is 5. The van der Waals surface area contributed by atoms with Crippen molar-refractivity contribution in [1.29, 1.82) is 0 Å². The number of hydrogen-bond donors (Lipinski definition) is 1. The summed E-state index contributed by atoms with van der Waals surface area (Å²) in [7, 11) is 0. The predicted octanol–water partition coefficient (Wildman–Crippen LogP) is 2.41. The molecule has 2 rings (SSSR count). The number of aliphatic carboxylic acids is 1. The molecule has 124 valence electrons. The Morgan fingerprint density at radius 3 is 2.61 bits per heavy atom. The van der Waals surface area contributed by atoms with Crippen molar-refractivity contribution in [3.05, 3.63) is 41.0 Å². The summed E-state index contributed by atoms with van der Waals surface area (Å²) in [6.45, 7) is 4.86. The first-order chi connectivity index (χ1) is 11.0. The van der Waals surface area contributed by atoms with Crippen molar-refractivity contribution in [3.8, 4) is 0 Å². The Bertz CT molecular complexity index is 603. The van der Waals surface area contributed by atoms with E-state index in [9.17, 15) is 9.59 Å². The highest BCUT2D eigenvalue weighted by Crippen LogP contribution is 2.16. The van der Waals surface area contributed by atoms with Crippen LogP contribution in [0.4, 0.5) is 0 Å². The first kappa shape index (κ1) is 17.2. The van der Waals surface area contributed by atoms with Gasteiger partial charge in [-0.2, -0.15) is 0 Å². The third kappa shape index (κ3) is 4.93. The molecule has 0 saturated carbocycles. The number of ether oxygens (including phenoxy) is 1. The fraction of sp³-hybridized carbons (Fsp3) is 0.444. The summed E-state index contributed by atoms with van der Waals surface area (Å²) >= 11 is 0. The van der Waals surface area contributed by atoms with Gasteiger partial charge in [0.25, 0.3) is 0 Å². The standard InChI is InChI=1S/C18H23NO4/c1-13-3-4-15(14(2)11-13)5-6-17(20)19(12-18(21)22)16-7-9-23-10-8-16/h3-6,11,16H,7-10,12H2,1-2H3,(H,21,22)/b6-5+. The number of carboxylic acid groups (broad SMARTS) is 1. The minimum Gasteiger partial charge on any atom is -0.480 e. The number of carbonyl (C=O) groups excluding carboxylic acids is 1. The zero-order chi connectivity index (χ0) is 16.8. The maximum absolute atomic E-state index is 12.5. The monoisotopic (exact) mass is 317 g/mol. The van der Waals surface area contributed by atoms with Crippen molar-refractivity contribution < 1.29 is 19.4 Å². The lowest BCUT2D eigenvalue weighted by atomic mass is 10.0. The maximum Gasteiger partial charge on any atom is 0.323 e.